The summed E-state index contributed by atoms with van der Waals surface area (Å²) >= 11 is 0. The van der Waals surface area contributed by atoms with E-state index >= 15 is 0 Å². The molecule has 0 saturated carbocycles. The number of ether oxygens (including phenoxy) is 3. The molecule has 0 aliphatic rings. The highest BCUT2D eigenvalue weighted by molar-refractivity contribution is 5.70. The van der Waals surface area contributed by atoms with E-state index < -0.39 is 18.1 Å². The second-order valence-electron chi connectivity index (χ2n) is 14.1. The Morgan fingerprint density at radius 3 is 1.68 bits per heavy atom. The maximum Gasteiger partial charge on any atom is 0.306 e. The smallest absolute Gasteiger partial charge is 0.306 e. The zero-order valence-corrected chi connectivity index (χ0v) is 32.5. The van der Waals surface area contributed by atoms with Gasteiger partial charge in [-0.05, 0) is 64.2 Å². The van der Waals surface area contributed by atoms with E-state index in [9.17, 15) is 19.5 Å². The van der Waals surface area contributed by atoms with Gasteiger partial charge in [-0.25, -0.2) is 0 Å². The van der Waals surface area contributed by atoms with Crippen molar-refractivity contribution in [2.45, 2.75) is 161 Å². The van der Waals surface area contributed by atoms with Crippen LogP contribution in [0.1, 0.15) is 149 Å². The summed E-state index contributed by atoms with van der Waals surface area (Å²) in [4.78, 5) is 36.6. The van der Waals surface area contributed by atoms with Gasteiger partial charge in [0.05, 0.1) is 40.3 Å². The number of hydrogen-bond donors (Lipinski definition) is 0. The fraction of sp³-hybridized carbons (Fsp3) is 0.738. The van der Waals surface area contributed by atoms with Gasteiger partial charge >= 0.3 is 11.9 Å². The zero-order chi connectivity index (χ0) is 37.1. The molecule has 50 heavy (non-hydrogen) atoms. The standard InChI is InChI=1S/C42H73NO7/c1-6-8-10-12-14-16-18-19-20-21-22-23-25-27-29-31-33-41(45)50-38(36-48-35-34-39(42(46)47)43(3,4)5)37-49-40(44)32-30-28-26-24-17-15-13-11-9-7-2/h8,10,13-16,19-20,38-39H,6-7,9,11-12,17-18,21-37H2,1-5H3/b10-8+,15-13+,16-14+,20-19+. The molecule has 288 valence electrons. The molecule has 0 aromatic carbocycles. The van der Waals surface area contributed by atoms with Crippen LogP contribution in [0.5, 0.6) is 0 Å². The summed E-state index contributed by atoms with van der Waals surface area (Å²) in [5.41, 5.74) is 0. The topological polar surface area (TPSA) is 102 Å². The summed E-state index contributed by atoms with van der Waals surface area (Å²) in [5.74, 6) is -1.78. The summed E-state index contributed by atoms with van der Waals surface area (Å²) in [6, 6.07) is -0.729. The Morgan fingerprint density at radius 2 is 1.12 bits per heavy atom. The van der Waals surface area contributed by atoms with E-state index in [4.69, 9.17) is 14.2 Å². The van der Waals surface area contributed by atoms with Crippen LogP contribution in [0.2, 0.25) is 0 Å². The Hall–Kier alpha value is -2.71. The van der Waals surface area contributed by atoms with Gasteiger partial charge in [0, 0.05) is 19.3 Å². The van der Waals surface area contributed by atoms with E-state index in [0.29, 0.717) is 12.8 Å². The van der Waals surface area contributed by atoms with Crippen LogP contribution in [0.25, 0.3) is 0 Å². The van der Waals surface area contributed by atoms with Gasteiger partial charge in [0.2, 0.25) is 0 Å². The van der Waals surface area contributed by atoms with Gasteiger partial charge in [0.25, 0.3) is 0 Å². The average Bonchev–Trinajstić information content (AvgIpc) is 3.06. The Kier molecular flexibility index (Phi) is 31.6. The maximum atomic E-state index is 12.7. The third-order valence-corrected chi connectivity index (χ3v) is 8.45. The molecule has 0 spiro atoms. The van der Waals surface area contributed by atoms with Crippen molar-refractivity contribution in [3.63, 3.8) is 0 Å². The van der Waals surface area contributed by atoms with Crippen LogP contribution in [0.3, 0.4) is 0 Å². The minimum absolute atomic E-state index is 0.0305. The van der Waals surface area contributed by atoms with Gasteiger partial charge in [-0.3, -0.25) is 9.59 Å². The van der Waals surface area contributed by atoms with E-state index in [-0.39, 0.29) is 42.7 Å². The molecule has 0 radical (unpaired) electrons. The third kappa shape index (κ3) is 31.3. The molecule has 0 heterocycles. The lowest BCUT2D eigenvalue weighted by Crippen LogP contribution is -2.55. The molecule has 0 rings (SSSR count). The van der Waals surface area contributed by atoms with Crippen LogP contribution < -0.4 is 5.11 Å². The molecule has 0 aromatic heterocycles. The lowest BCUT2D eigenvalue weighted by atomic mass is 10.1. The number of unbranched alkanes of at least 4 members (excludes halogenated alkanes) is 12. The van der Waals surface area contributed by atoms with Crippen LogP contribution in [-0.2, 0) is 28.6 Å². The number of quaternary nitrogens is 1. The number of nitrogens with zero attached hydrogens (tertiary/aromatic N) is 1. The number of likely N-dealkylation sites (N-methyl/N-ethyl adjacent to an activating group) is 1. The van der Waals surface area contributed by atoms with Crippen LogP contribution >= 0.6 is 0 Å². The predicted octanol–water partition coefficient (Wildman–Crippen LogP) is 8.74. The normalized spacial score (nSPS) is 13.5. The Morgan fingerprint density at radius 1 is 0.620 bits per heavy atom. The highest BCUT2D eigenvalue weighted by Gasteiger charge is 2.25. The second kappa shape index (κ2) is 33.4. The highest BCUT2D eigenvalue weighted by Crippen LogP contribution is 2.12. The molecule has 0 fully saturated rings. The first-order chi connectivity index (χ1) is 24.1. The number of carboxylic acid groups (broad SMARTS) is 1. The first-order valence-corrected chi connectivity index (χ1v) is 19.7. The number of carboxylic acids is 1. The number of esters is 2. The van der Waals surface area contributed by atoms with Crippen molar-refractivity contribution in [3.05, 3.63) is 48.6 Å². The van der Waals surface area contributed by atoms with Crippen molar-refractivity contribution in [1.82, 2.24) is 0 Å². The summed E-state index contributed by atoms with van der Waals surface area (Å²) in [5, 5.41) is 11.6. The largest absolute Gasteiger partial charge is 0.544 e. The number of hydrogen-bond acceptors (Lipinski definition) is 7. The second-order valence-corrected chi connectivity index (χ2v) is 14.1. The van der Waals surface area contributed by atoms with Crippen LogP contribution in [0, 0.1) is 0 Å². The van der Waals surface area contributed by atoms with Gasteiger partial charge in [-0.15, -0.1) is 0 Å². The molecule has 2 atom stereocenters. The highest BCUT2D eigenvalue weighted by atomic mass is 16.6. The van der Waals surface area contributed by atoms with Crippen molar-refractivity contribution in [1.29, 1.82) is 0 Å². The minimum Gasteiger partial charge on any atom is -0.544 e. The van der Waals surface area contributed by atoms with Gasteiger partial charge in [0.1, 0.15) is 12.6 Å². The van der Waals surface area contributed by atoms with Gasteiger partial charge < -0.3 is 28.6 Å². The van der Waals surface area contributed by atoms with Crippen molar-refractivity contribution in [2.75, 3.05) is 41.0 Å². The Labute approximate surface area is 306 Å². The first-order valence-electron chi connectivity index (χ1n) is 19.7. The summed E-state index contributed by atoms with van der Waals surface area (Å²) in [7, 11) is 5.38. The monoisotopic (exact) mass is 704 g/mol. The molecular formula is C42H73NO7. The molecule has 0 aliphatic carbocycles. The zero-order valence-electron chi connectivity index (χ0n) is 32.5. The van der Waals surface area contributed by atoms with Crippen molar-refractivity contribution >= 4 is 17.9 Å². The van der Waals surface area contributed by atoms with Crippen LogP contribution in [0.15, 0.2) is 48.6 Å². The van der Waals surface area contributed by atoms with Crippen molar-refractivity contribution in [3.8, 4) is 0 Å². The number of aliphatic carboxylic acids is 1. The quantitative estimate of drug-likeness (QED) is 0.0286. The molecule has 0 N–H and O–H groups in total. The minimum atomic E-state index is -1.13. The van der Waals surface area contributed by atoms with Gasteiger partial charge in [0.15, 0.2) is 6.10 Å². The Balaban J connectivity index is 4.43. The summed E-state index contributed by atoms with van der Waals surface area (Å²) < 4.78 is 17.1. The lowest BCUT2D eigenvalue weighted by molar-refractivity contribution is -0.889. The van der Waals surface area contributed by atoms with E-state index in [1.54, 1.807) is 21.1 Å². The summed E-state index contributed by atoms with van der Waals surface area (Å²) in [6.07, 6.45) is 37.1. The van der Waals surface area contributed by atoms with Crippen molar-refractivity contribution in [2.24, 2.45) is 0 Å². The average molecular weight is 704 g/mol. The molecule has 8 nitrogen and oxygen atoms in total. The maximum absolute atomic E-state index is 12.7. The molecule has 0 aromatic rings. The first kappa shape index (κ1) is 47.3. The molecule has 2 unspecified atom stereocenters. The van der Waals surface area contributed by atoms with Gasteiger partial charge in [-0.1, -0.05) is 114 Å². The molecule has 0 bridgehead atoms. The van der Waals surface area contributed by atoms with E-state index in [1.165, 1.54) is 25.7 Å². The van der Waals surface area contributed by atoms with Crippen LogP contribution in [-0.4, -0.2) is 75.5 Å². The predicted molar refractivity (Wildman–Crippen MR) is 203 cm³/mol. The third-order valence-electron chi connectivity index (χ3n) is 8.45. The molecule has 0 saturated heterocycles. The molecule has 8 heteroatoms. The van der Waals surface area contributed by atoms with Crippen molar-refractivity contribution < 1.29 is 38.2 Å². The molecular weight excluding hydrogens is 630 g/mol. The van der Waals surface area contributed by atoms with E-state index in [0.717, 1.165) is 89.9 Å². The summed E-state index contributed by atoms with van der Waals surface area (Å²) in [6.45, 7) is 4.46. The SMILES string of the molecule is CC/C=C/C/C=C/C/C=C/CCCCCCCCC(=O)OC(COCCC(C(=O)[O-])[N+](C)(C)C)COC(=O)CCCCCC/C=C/CCCC. The number of allylic oxidation sites excluding steroid dienone is 8. The van der Waals surface area contributed by atoms with E-state index in [1.807, 2.05) is 0 Å². The fourth-order valence-corrected chi connectivity index (χ4v) is 5.36. The number of carbonyl (C=O) groups excluding carboxylic acids is 3. The Bertz CT molecular complexity index is 964. The fourth-order valence-electron chi connectivity index (χ4n) is 5.36. The van der Waals surface area contributed by atoms with Gasteiger partial charge in [-0.2, -0.15) is 0 Å². The van der Waals surface area contributed by atoms with E-state index in [2.05, 4.69) is 62.5 Å². The lowest BCUT2D eigenvalue weighted by Gasteiger charge is -2.34. The number of rotatable bonds is 34. The number of carbonyl (C=O) groups is 3. The van der Waals surface area contributed by atoms with Crippen LogP contribution in [0.4, 0.5) is 0 Å². The molecule has 0 aliphatic heterocycles. The molecule has 0 amide bonds.